The fourth-order valence-electron chi connectivity index (χ4n) is 5.33. The van der Waals surface area contributed by atoms with Crippen LogP contribution in [0.5, 0.6) is 0 Å². The number of anilines is 1. The molecule has 0 amide bonds. The maximum absolute atomic E-state index is 13.4. The van der Waals surface area contributed by atoms with Gasteiger partial charge in [0.2, 0.25) is 0 Å². The predicted molar refractivity (Wildman–Crippen MR) is 124 cm³/mol. The molecule has 7 heteroatoms. The first-order valence-electron chi connectivity index (χ1n) is 11.5. The molecule has 168 valence electrons. The highest BCUT2D eigenvalue weighted by Crippen LogP contribution is 2.37. The summed E-state index contributed by atoms with van der Waals surface area (Å²) in [5, 5.41) is 0. The maximum Gasteiger partial charge on any atom is 0.255 e. The lowest BCUT2D eigenvalue weighted by Gasteiger charge is -2.44. The first-order chi connectivity index (χ1) is 15.5. The Bertz CT molecular complexity index is 1150. The molecule has 2 bridgehead atoms. The van der Waals surface area contributed by atoms with Crippen LogP contribution in [0.4, 0.5) is 5.82 Å². The summed E-state index contributed by atoms with van der Waals surface area (Å²) >= 11 is 0. The Balaban J connectivity index is 1.38. The Hall–Kier alpha value is -2.93. The zero-order valence-corrected chi connectivity index (χ0v) is 19.1. The molecule has 1 fully saturated rings. The molecule has 3 aromatic rings. The van der Waals surface area contributed by atoms with E-state index in [9.17, 15) is 4.79 Å². The van der Waals surface area contributed by atoms with Gasteiger partial charge in [-0.05, 0) is 44.9 Å². The Labute approximate surface area is 188 Å². The second-order valence-corrected chi connectivity index (χ2v) is 9.33. The normalized spacial score (nSPS) is 19.9. The molecule has 0 radical (unpaired) electrons. The third-order valence-electron chi connectivity index (χ3n) is 6.80. The van der Waals surface area contributed by atoms with Gasteiger partial charge in [0.1, 0.15) is 11.6 Å². The average molecular weight is 434 g/mol. The van der Waals surface area contributed by atoms with Crippen LogP contribution >= 0.6 is 0 Å². The van der Waals surface area contributed by atoms with Crippen molar-refractivity contribution in [2.75, 3.05) is 25.0 Å². The van der Waals surface area contributed by atoms with Crippen LogP contribution in [0.3, 0.4) is 0 Å². The van der Waals surface area contributed by atoms with E-state index >= 15 is 0 Å². The van der Waals surface area contributed by atoms with Crippen molar-refractivity contribution >= 4 is 5.82 Å². The molecule has 5 heterocycles. The number of aromatic nitrogens is 3. The summed E-state index contributed by atoms with van der Waals surface area (Å²) in [5.74, 6) is 2.70. The Morgan fingerprint density at radius 2 is 2.03 bits per heavy atom. The zero-order valence-electron chi connectivity index (χ0n) is 19.1. The van der Waals surface area contributed by atoms with Gasteiger partial charge in [-0.1, -0.05) is 13.0 Å². The van der Waals surface area contributed by atoms with E-state index in [1.807, 2.05) is 36.9 Å². The summed E-state index contributed by atoms with van der Waals surface area (Å²) in [6.07, 6.45) is 7.47. The van der Waals surface area contributed by atoms with Crippen molar-refractivity contribution in [2.45, 2.75) is 52.2 Å². The number of furan rings is 1. The zero-order chi connectivity index (χ0) is 22.2. The third kappa shape index (κ3) is 3.97. The van der Waals surface area contributed by atoms with Crippen molar-refractivity contribution in [3.63, 3.8) is 0 Å². The van der Waals surface area contributed by atoms with Crippen molar-refractivity contribution in [3.8, 4) is 0 Å². The quantitative estimate of drug-likeness (QED) is 0.594. The Morgan fingerprint density at radius 1 is 1.16 bits per heavy atom. The average Bonchev–Trinajstić information content (AvgIpc) is 3.29. The minimum absolute atomic E-state index is 0.164. The van der Waals surface area contributed by atoms with Crippen LogP contribution in [0.25, 0.3) is 0 Å². The van der Waals surface area contributed by atoms with Gasteiger partial charge in [-0.25, -0.2) is 9.97 Å². The highest BCUT2D eigenvalue weighted by atomic mass is 16.3. The molecule has 0 saturated carbocycles. The van der Waals surface area contributed by atoms with Crippen molar-refractivity contribution in [1.82, 2.24) is 19.4 Å². The molecular weight excluding hydrogens is 402 g/mol. The smallest absolute Gasteiger partial charge is 0.255 e. The van der Waals surface area contributed by atoms with Crippen molar-refractivity contribution in [3.05, 3.63) is 75.5 Å². The summed E-state index contributed by atoms with van der Waals surface area (Å²) < 4.78 is 7.21. The van der Waals surface area contributed by atoms with Crippen molar-refractivity contribution in [1.29, 1.82) is 0 Å². The highest BCUT2D eigenvalue weighted by molar-refractivity contribution is 5.47. The third-order valence-corrected chi connectivity index (χ3v) is 6.80. The summed E-state index contributed by atoms with van der Waals surface area (Å²) in [4.78, 5) is 27.1. The highest BCUT2D eigenvalue weighted by Gasteiger charge is 2.36. The van der Waals surface area contributed by atoms with Crippen LogP contribution in [0, 0.1) is 12.8 Å². The van der Waals surface area contributed by atoms with Crippen LogP contribution < -0.4 is 10.5 Å². The van der Waals surface area contributed by atoms with Gasteiger partial charge >= 0.3 is 0 Å². The fourth-order valence-corrected chi connectivity index (χ4v) is 5.33. The number of hydrogen-bond donors (Lipinski definition) is 0. The molecule has 0 aliphatic carbocycles. The van der Waals surface area contributed by atoms with Gasteiger partial charge in [-0.2, -0.15) is 0 Å². The number of nitrogens with zero attached hydrogens (tertiary/aromatic N) is 5. The van der Waals surface area contributed by atoms with E-state index in [4.69, 9.17) is 9.40 Å². The van der Waals surface area contributed by atoms with Gasteiger partial charge in [-0.3, -0.25) is 9.69 Å². The van der Waals surface area contributed by atoms with Crippen LogP contribution in [0.2, 0.25) is 0 Å². The lowest BCUT2D eigenvalue weighted by molar-refractivity contribution is 0.275. The summed E-state index contributed by atoms with van der Waals surface area (Å²) in [6.45, 7) is 8.12. The molecule has 0 aromatic carbocycles. The molecule has 3 aromatic heterocycles. The van der Waals surface area contributed by atoms with E-state index in [1.165, 1.54) is 11.3 Å². The molecule has 1 saturated heterocycles. The molecule has 0 N–H and O–H groups in total. The molecule has 2 aliphatic heterocycles. The number of hydrogen-bond acceptors (Lipinski definition) is 6. The number of piperidine rings is 1. The number of aryl methyl sites for hydroxylation is 2. The molecule has 32 heavy (non-hydrogen) atoms. The van der Waals surface area contributed by atoms with E-state index in [0.717, 1.165) is 61.8 Å². The Morgan fingerprint density at radius 3 is 2.81 bits per heavy atom. The minimum atomic E-state index is 0.164. The standard InChI is InChI=1S/C25H31N5O2/c1-4-20-10-26-17(2)27-24(20)29-12-19-9-22(15-29)23-6-5-21(25(31)30(23)13-19)14-28(3)11-18-7-8-32-16-18/h5-8,10,16,19,22H,4,9,11-15H2,1-3H3/t19-,22+/m0/s1. The van der Waals surface area contributed by atoms with Gasteiger partial charge in [0.25, 0.3) is 5.56 Å². The molecule has 2 aliphatic rings. The van der Waals surface area contributed by atoms with E-state index < -0.39 is 0 Å². The van der Waals surface area contributed by atoms with Gasteiger partial charge in [0.05, 0.1) is 12.5 Å². The predicted octanol–water partition coefficient (Wildman–Crippen LogP) is 3.36. The maximum atomic E-state index is 13.4. The molecule has 7 nitrogen and oxygen atoms in total. The lowest BCUT2D eigenvalue weighted by Crippen LogP contribution is -2.48. The van der Waals surface area contributed by atoms with Crippen LogP contribution in [-0.2, 0) is 26.1 Å². The van der Waals surface area contributed by atoms with E-state index in [0.29, 0.717) is 18.4 Å². The van der Waals surface area contributed by atoms with E-state index in [-0.39, 0.29) is 5.56 Å². The number of rotatable bonds is 6. The first-order valence-corrected chi connectivity index (χ1v) is 11.5. The van der Waals surface area contributed by atoms with E-state index in [1.54, 1.807) is 12.5 Å². The van der Waals surface area contributed by atoms with Gasteiger partial charge in [0, 0.05) is 67.2 Å². The largest absolute Gasteiger partial charge is 0.472 e. The topological polar surface area (TPSA) is 67.4 Å². The minimum Gasteiger partial charge on any atom is -0.472 e. The Kier molecular flexibility index (Phi) is 5.59. The van der Waals surface area contributed by atoms with Crippen molar-refractivity contribution in [2.24, 2.45) is 5.92 Å². The van der Waals surface area contributed by atoms with Crippen LogP contribution in [0.15, 0.2) is 46.1 Å². The van der Waals surface area contributed by atoms with Gasteiger partial charge in [0.15, 0.2) is 0 Å². The second-order valence-electron chi connectivity index (χ2n) is 9.33. The molecule has 0 spiro atoms. The SMILES string of the molecule is CCc1cnc(C)nc1N1C[C@@H]2C[C@H](C1)c1ccc(CN(C)Cc3ccoc3)c(=O)n1C2. The molecular formula is C25H31N5O2. The van der Waals surface area contributed by atoms with Gasteiger partial charge in [-0.15, -0.1) is 0 Å². The van der Waals surface area contributed by atoms with Crippen LogP contribution in [-0.4, -0.2) is 39.6 Å². The lowest BCUT2D eigenvalue weighted by atomic mass is 9.82. The van der Waals surface area contributed by atoms with Crippen LogP contribution in [0.1, 0.15) is 47.5 Å². The first kappa shape index (κ1) is 20.9. The number of pyridine rings is 1. The molecule has 0 unspecified atom stereocenters. The second kappa shape index (κ2) is 8.54. The number of fused-ring (bicyclic) bond motifs is 4. The molecule has 5 rings (SSSR count). The monoisotopic (exact) mass is 433 g/mol. The molecule has 2 atom stereocenters. The summed E-state index contributed by atoms with van der Waals surface area (Å²) in [7, 11) is 2.04. The van der Waals surface area contributed by atoms with Gasteiger partial charge < -0.3 is 13.9 Å². The van der Waals surface area contributed by atoms with Crippen molar-refractivity contribution < 1.29 is 4.42 Å². The summed E-state index contributed by atoms with van der Waals surface area (Å²) in [6, 6.07) is 6.18. The fraction of sp³-hybridized carbons (Fsp3) is 0.480. The summed E-state index contributed by atoms with van der Waals surface area (Å²) in [5.41, 5.74) is 4.50. The van der Waals surface area contributed by atoms with E-state index in [2.05, 4.69) is 27.8 Å².